The Bertz CT molecular complexity index is 1160. The fourth-order valence-corrected chi connectivity index (χ4v) is 4.58. The van der Waals surface area contributed by atoms with Crippen LogP contribution in [-0.2, 0) is 6.54 Å². The Hall–Kier alpha value is -3.23. The summed E-state index contributed by atoms with van der Waals surface area (Å²) in [4.78, 5) is 16.8. The van der Waals surface area contributed by atoms with Crippen LogP contribution in [0.3, 0.4) is 0 Å². The second-order valence-corrected chi connectivity index (χ2v) is 10.1. The van der Waals surface area contributed by atoms with Gasteiger partial charge >= 0.3 is 11.8 Å². The van der Waals surface area contributed by atoms with Gasteiger partial charge in [-0.2, -0.15) is 0 Å². The second-order valence-electron chi connectivity index (χ2n) is 10.1. The number of ether oxygens (including phenoxy) is 1. The Morgan fingerprint density at radius 3 is 2.57 bits per heavy atom. The summed E-state index contributed by atoms with van der Waals surface area (Å²) in [6, 6.07) is 15.6. The zero-order valence-electron chi connectivity index (χ0n) is 20.3. The number of benzene rings is 2. The Morgan fingerprint density at radius 2 is 1.89 bits per heavy atom. The number of aromatic nitrogens is 2. The molecule has 3 aromatic rings. The molecule has 0 unspecified atom stereocenters. The van der Waals surface area contributed by atoms with Gasteiger partial charge in [-0.1, -0.05) is 31.2 Å². The Balaban J connectivity index is 1.11. The van der Waals surface area contributed by atoms with E-state index in [-0.39, 0.29) is 29.9 Å². The topological polar surface area (TPSA) is 91.9 Å². The number of carbonyl (C=O) groups excluding carboxylic acids is 1. The second kappa shape index (κ2) is 9.79. The van der Waals surface area contributed by atoms with Crippen molar-refractivity contribution in [2.75, 3.05) is 32.8 Å². The summed E-state index contributed by atoms with van der Waals surface area (Å²) in [5.41, 5.74) is 3.34. The van der Waals surface area contributed by atoms with Crippen molar-refractivity contribution >= 4 is 5.91 Å². The summed E-state index contributed by atoms with van der Waals surface area (Å²) in [5, 5.41) is 17.5. The van der Waals surface area contributed by atoms with Crippen LogP contribution in [0.5, 0.6) is 5.75 Å². The van der Waals surface area contributed by atoms with E-state index in [2.05, 4.69) is 41.1 Å². The van der Waals surface area contributed by atoms with Crippen LogP contribution in [0.2, 0.25) is 0 Å². The maximum absolute atomic E-state index is 12.7. The summed E-state index contributed by atoms with van der Waals surface area (Å²) >= 11 is 0. The molecule has 184 valence electrons. The molecule has 0 radical (unpaired) electrons. The molecule has 2 saturated heterocycles. The maximum Gasteiger partial charge on any atom is 0.311 e. The molecule has 35 heavy (non-hydrogen) atoms. The standard InChI is InChI=1S/C27H32N4O4/c1-19-14-22(9-8-21(19)15-30-12-10-27(2,18-32)11-13-30)34-23-16-31(17-23)26(33)25-29-28-24(35-25)20-6-4-3-5-7-20/h3-9,14,23,32H,10-13,15-18H2,1-2H3. The van der Waals surface area contributed by atoms with E-state index in [1.54, 1.807) is 4.90 Å². The van der Waals surface area contributed by atoms with Gasteiger partial charge in [0.05, 0.1) is 13.1 Å². The first-order valence-electron chi connectivity index (χ1n) is 12.2. The van der Waals surface area contributed by atoms with Crippen LogP contribution in [0.15, 0.2) is 52.9 Å². The summed E-state index contributed by atoms with van der Waals surface area (Å²) in [5.74, 6) is 0.883. The zero-order chi connectivity index (χ0) is 24.4. The highest BCUT2D eigenvalue weighted by molar-refractivity contribution is 5.90. The van der Waals surface area contributed by atoms with E-state index >= 15 is 0 Å². The highest BCUT2D eigenvalue weighted by Crippen LogP contribution is 2.31. The molecule has 0 saturated carbocycles. The minimum absolute atomic E-state index is 0.000448. The summed E-state index contributed by atoms with van der Waals surface area (Å²) < 4.78 is 11.7. The first kappa shape index (κ1) is 23.5. The number of nitrogens with zero attached hydrogens (tertiary/aromatic N) is 4. The number of carbonyl (C=O) groups is 1. The van der Waals surface area contributed by atoms with Crippen molar-refractivity contribution in [2.45, 2.75) is 39.3 Å². The first-order valence-corrected chi connectivity index (χ1v) is 12.2. The van der Waals surface area contributed by atoms with E-state index < -0.39 is 0 Å². The lowest BCUT2D eigenvalue weighted by molar-refractivity contribution is 0.0149. The Kier molecular flexibility index (Phi) is 6.58. The maximum atomic E-state index is 12.7. The average molecular weight is 477 g/mol. The van der Waals surface area contributed by atoms with Crippen LogP contribution in [-0.4, -0.2) is 69.9 Å². The number of piperidine rings is 1. The van der Waals surface area contributed by atoms with E-state index in [0.29, 0.717) is 19.0 Å². The fourth-order valence-electron chi connectivity index (χ4n) is 4.58. The minimum atomic E-state index is -0.273. The van der Waals surface area contributed by atoms with Crippen molar-refractivity contribution in [3.63, 3.8) is 0 Å². The van der Waals surface area contributed by atoms with Crippen molar-refractivity contribution in [1.29, 1.82) is 0 Å². The molecule has 0 spiro atoms. The van der Waals surface area contributed by atoms with Crippen LogP contribution >= 0.6 is 0 Å². The molecule has 2 aromatic carbocycles. The van der Waals surface area contributed by atoms with Gasteiger partial charge in [0.1, 0.15) is 11.9 Å². The van der Waals surface area contributed by atoms with Gasteiger partial charge in [-0.15, -0.1) is 10.2 Å². The lowest BCUT2D eigenvalue weighted by Crippen LogP contribution is -2.56. The number of hydrogen-bond donors (Lipinski definition) is 1. The molecule has 3 heterocycles. The molecule has 8 heteroatoms. The third-order valence-electron chi connectivity index (χ3n) is 7.22. The number of hydrogen-bond acceptors (Lipinski definition) is 7. The minimum Gasteiger partial charge on any atom is -0.487 e. The lowest BCUT2D eigenvalue weighted by atomic mass is 9.81. The highest BCUT2D eigenvalue weighted by atomic mass is 16.5. The molecule has 2 fully saturated rings. The van der Waals surface area contributed by atoms with Gasteiger partial charge in [0, 0.05) is 18.7 Å². The van der Waals surface area contributed by atoms with E-state index in [0.717, 1.165) is 43.8 Å². The van der Waals surface area contributed by atoms with Gasteiger partial charge < -0.3 is 19.2 Å². The molecule has 8 nitrogen and oxygen atoms in total. The van der Waals surface area contributed by atoms with Gasteiger partial charge in [-0.05, 0) is 73.7 Å². The molecular formula is C27H32N4O4. The predicted molar refractivity (Wildman–Crippen MR) is 131 cm³/mol. The zero-order valence-corrected chi connectivity index (χ0v) is 20.3. The van der Waals surface area contributed by atoms with Crippen molar-refractivity contribution in [2.24, 2.45) is 5.41 Å². The van der Waals surface area contributed by atoms with Crippen LogP contribution in [0, 0.1) is 12.3 Å². The molecule has 1 aromatic heterocycles. The Morgan fingerprint density at radius 1 is 1.14 bits per heavy atom. The fraction of sp³-hybridized carbons (Fsp3) is 0.444. The largest absolute Gasteiger partial charge is 0.487 e. The number of likely N-dealkylation sites (tertiary alicyclic amines) is 2. The van der Waals surface area contributed by atoms with Gasteiger partial charge in [0.15, 0.2) is 0 Å². The SMILES string of the molecule is Cc1cc(OC2CN(C(=O)c3nnc(-c4ccccc4)o3)C2)ccc1CN1CCC(C)(CO)CC1. The van der Waals surface area contributed by atoms with Crippen LogP contribution in [0.25, 0.3) is 11.5 Å². The summed E-state index contributed by atoms with van der Waals surface area (Å²) in [6.07, 6.45) is 1.99. The van der Waals surface area contributed by atoms with Gasteiger partial charge in [0.2, 0.25) is 5.89 Å². The molecule has 2 aliphatic heterocycles. The number of aliphatic hydroxyl groups excluding tert-OH is 1. The normalized spacial score (nSPS) is 18.3. The summed E-state index contributed by atoms with van der Waals surface area (Å²) in [6.45, 7) is 8.44. The van der Waals surface area contributed by atoms with Crippen molar-refractivity contribution in [3.05, 3.63) is 65.5 Å². The number of aryl methyl sites for hydroxylation is 1. The van der Waals surface area contributed by atoms with Gasteiger partial charge in [0.25, 0.3) is 0 Å². The number of rotatable bonds is 7. The van der Waals surface area contributed by atoms with Crippen molar-refractivity contribution < 1.29 is 19.1 Å². The molecule has 0 aliphatic carbocycles. The monoisotopic (exact) mass is 476 g/mol. The molecule has 2 aliphatic rings. The number of amides is 1. The van der Waals surface area contributed by atoms with E-state index in [9.17, 15) is 9.90 Å². The van der Waals surface area contributed by atoms with Gasteiger partial charge in [-0.25, -0.2) is 0 Å². The van der Waals surface area contributed by atoms with Crippen molar-refractivity contribution in [1.82, 2.24) is 20.0 Å². The third kappa shape index (κ3) is 5.23. The Labute approximate surface area is 205 Å². The molecular weight excluding hydrogens is 444 g/mol. The van der Waals surface area contributed by atoms with Crippen LogP contribution < -0.4 is 4.74 Å². The number of aliphatic hydroxyl groups is 1. The molecule has 0 bridgehead atoms. The third-order valence-corrected chi connectivity index (χ3v) is 7.22. The molecule has 5 rings (SSSR count). The molecule has 1 N–H and O–H groups in total. The van der Waals surface area contributed by atoms with E-state index in [4.69, 9.17) is 9.15 Å². The van der Waals surface area contributed by atoms with E-state index in [1.165, 1.54) is 11.1 Å². The average Bonchev–Trinajstić information content (AvgIpc) is 3.35. The smallest absolute Gasteiger partial charge is 0.311 e. The summed E-state index contributed by atoms with van der Waals surface area (Å²) in [7, 11) is 0. The molecule has 0 atom stereocenters. The van der Waals surface area contributed by atoms with Crippen LogP contribution in [0.4, 0.5) is 0 Å². The van der Waals surface area contributed by atoms with Gasteiger partial charge in [-0.3, -0.25) is 9.69 Å². The van der Waals surface area contributed by atoms with Crippen molar-refractivity contribution in [3.8, 4) is 17.2 Å². The molecule has 1 amide bonds. The lowest BCUT2D eigenvalue weighted by Gasteiger charge is -2.38. The quantitative estimate of drug-likeness (QED) is 0.558. The highest BCUT2D eigenvalue weighted by Gasteiger charge is 2.35. The van der Waals surface area contributed by atoms with E-state index in [1.807, 2.05) is 36.4 Å². The predicted octanol–water partition coefficient (Wildman–Crippen LogP) is 3.54. The van der Waals surface area contributed by atoms with Crippen LogP contribution in [0.1, 0.15) is 41.6 Å². The first-order chi connectivity index (χ1) is 16.9.